The van der Waals surface area contributed by atoms with Crippen molar-refractivity contribution < 1.29 is 4.79 Å². The monoisotopic (exact) mass is 383 g/mol. The van der Waals surface area contributed by atoms with Crippen molar-refractivity contribution in [3.05, 3.63) is 18.1 Å². The number of hydrogen-bond donors (Lipinski definition) is 0. The van der Waals surface area contributed by atoms with Crippen molar-refractivity contribution >= 4 is 11.7 Å². The number of nitrogens with zero attached hydrogens (tertiary/aromatic N) is 5. The van der Waals surface area contributed by atoms with E-state index in [1.165, 1.54) is 50.6 Å². The summed E-state index contributed by atoms with van der Waals surface area (Å²) in [5, 5.41) is 0. The molecule has 1 aliphatic carbocycles. The SMILES string of the molecule is O=C(C1CCCN(C2CCN(c3cc(C4CC4)ncn3)CC2)C1)N1CCCC1. The van der Waals surface area contributed by atoms with Gasteiger partial charge >= 0.3 is 0 Å². The molecule has 1 amide bonds. The zero-order valence-electron chi connectivity index (χ0n) is 16.9. The Kier molecular flexibility index (Phi) is 5.22. The fourth-order valence-corrected chi connectivity index (χ4v) is 5.33. The topological polar surface area (TPSA) is 52.6 Å². The van der Waals surface area contributed by atoms with E-state index in [-0.39, 0.29) is 5.92 Å². The van der Waals surface area contributed by atoms with Crippen molar-refractivity contribution in [1.82, 2.24) is 19.8 Å². The molecule has 1 aromatic rings. The van der Waals surface area contributed by atoms with Gasteiger partial charge in [0, 0.05) is 56.4 Å². The molecule has 0 spiro atoms. The number of anilines is 1. The second-order valence-corrected chi connectivity index (χ2v) is 9.16. The van der Waals surface area contributed by atoms with Gasteiger partial charge in [0.2, 0.25) is 5.91 Å². The fraction of sp³-hybridized carbons (Fsp3) is 0.773. The van der Waals surface area contributed by atoms with Gasteiger partial charge in [-0.3, -0.25) is 9.69 Å². The second-order valence-electron chi connectivity index (χ2n) is 9.16. The van der Waals surface area contributed by atoms with Gasteiger partial charge < -0.3 is 9.80 Å². The Bertz CT molecular complexity index is 692. The summed E-state index contributed by atoms with van der Waals surface area (Å²) in [6.45, 7) is 6.22. The molecule has 0 aromatic carbocycles. The van der Waals surface area contributed by atoms with Crippen LogP contribution in [0, 0.1) is 5.92 Å². The average Bonchev–Trinajstić information content (AvgIpc) is 3.48. The molecule has 1 aromatic heterocycles. The Morgan fingerprint density at radius 1 is 0.893 bits per heavy atom. The van der Waals surface area contributed by atoms with Crippen LogP contribution in [-0.2, 0) is 4.79 Å². The fourth-order valence-electron chi connectivity index (χ4n) is 5.33. The zero-order chi connectivity index (χ0) is 18.9. The van der Waals surface area contributed by atoms with Gasteiger partial charge in [0.25, 0.3) is 0 Å². The summed E-state index contributed by atoms with van der Waals surface area (Å²) < 4.78 is 0. The van der Waals surface area contributed by atoms with E-state index >= 15 is 0 Å². The highest BCUT2D eigenvalue weighted by Crippen LogP contribution is 2.39. The Hall–Kier alpha value is -1.69. The molecule has 28 heavy (non-hydrogen) atoms. The largest absolute Gasteiger partial charge is 0.356 e. The summed E-state index contributed by atoms with van der Waals surface area (Å²) in [6, 6.07) is 2.83. The van der Waals surface area contributed by atoms with Crippen LogP contribution in [0.4, 0.5) is 5.82 Å². The number of likely N-dealkylation sites (tertiary alicyclic amines) is 2. The van der Waals surface area contributed by atoms with Crippen molar-refractivity contribution in [2.24, 2.45) is 5.92 Å². The predicted molar refractivity (Wildman–Crippen MR) is 109 cm³/mol. The molecular weight excluding hydrogens is 350 g/mol. The molecule has 152 valence electrons. The number of carbonyl (C=O) groups excluding carboxylic acids is 1. The Morgan fingerprint density at radius 2 is 1.68 bits per heavy atom. The Morgan fingerprint density at radius 3 is 2.43 bits per heavy atom. The molecule has 4 aliphatic rings. The first-order valence-corrected chi connectivity index (χ1v) is 11.4. The van der Waals surface area contributed by atoms with E-state index in [1.807, 2.05) is 0 Å². The maximum atomic E-state index is 12.8. The highest BCUT2D eigenvalue weighted by Gasteiger charge is 2.34. The molecule has 6 nitrogen and oxygen atoms in total. The predicted octanol–water partition coefficient (Wildman–Crippen LogP) is 2.66. The molecule has 1 saturated carbocycles. The number of rotatable bonds is 4. The highest BCUT2D eigenvalue weighted by molar-refractivity contribution is 5.79. The molecule has 3 aliphatic heterocycles. The van der Waals surface area contributed by atoms with Gasteiger partial charge in [0.1, 0.15) is 12.1 Å². The number of hydrogen-bond acceptors (Lipinski definition) is 5. The smallest absolute Gasteiger partial charge is 0.226 e. The summed E-state index contributed by atoms with van der Waals surface area (Å²) >= 11 is 0. The van der Waals surface area contributed by atoms with E-state index in [4.69, 9.17) is 0 Å². The minimum Gasteiger partial charge on any atom is -0.356 e. The maximum Gasteiger partial charge on any atom is 0.226 e. The van der Waals surface area contributed by atoms with Gasteiger partial charge in [-0.05, 0) is 57.9 Å². The molecule has 1 unspecified atom stereocenters. The van der Waals surface area contributed by atoms with Crippen LogP contribution in [0.5, 0.6) is 0 Å². The average molecular weight is 384 g/mol. The second kappa shape index (κ2) is 7.97. The van der Waals surface area contributed by atoms with Crippen LogP contribution in [0.1, 0.15) is 63.0 Å². The number of aromatic nitrogens is 2. The van der Waals surface area contributed by atoms with E-state index in [1.54, 1.807) is 6.33 Å². The minimum atomic E-state index is 0.229. The molecule has 3 saturated heterocycles. The van der Waals surface area contributed by atoms with E-state index < -0.39 is 0 Å². The normalized spacial score (nSPS) is 27.4. The molecule has 4 fully saturated rings. The molecule has 0 N–H and O–H groups in total. The number of carbonyl (C=O) groups is 1. The lowest BCUT2D eigenvalue weighted by Crippen LogP contribution is -2.51. The summed E-state index contributed by atoms with van der Waals surface area (Å²) in [4.78, 5) is 29.0. The molecule has 1 atom stereocenters. The first-order valence-electron chi connectivity index (χ1n) is 11.4. The quantitative estimate of drug-likeness (QED) is 0.800. The van der Waals surface area contributed by atoms with Gasteiger partial charge in [-0.25, -0.2) is 9.97 Å². The standard InChI is InChI=1S/C22H33N5O/c28-22(26-9-1-2-10-26)18-4-3-11-27(15-18)19-7-12-25(13-8-19)21-14-20(17-5-6-17)23-16-24-21/h14,16-19H,1-13,15H2. The Balaban J connectivity index is 1.16. The van der Waals surface area contributed by atoms with Crippen LogP contribution < -0.4 is 4.90 Å². The van der Waals surface area contributed by atoms with Crippen molar-refractivity contribution in [1.29, 1.82) is 0 Å². The van der Waals surface area contributed by atoms with Crippen LogP contribution in [0.25, 0.3) is 0 Å². The maximum absolute atomic E-state index is 12.8. The number of amides is 1. The first-order chi connectivity index (χ1) is 13.8. The lowest BCUT2D eigenvalue weighted by atomic mass is 9.93. The minimum absolute atomic E-state index is 0.229. The van der Waals surface area contributed by atoms with Crippen molar-refractivity contribution in [3.8, 4) is 0 Å². The third kappa shape index (κ3) is 3.88. The third-order valence-corrected chi connectivity index (χ3v) is 7.19. The highest BCUT2D eigenvalue weighted by atomic mass is 16.2. The molecule has 0 radical (unpaired) electrons. The van der Waals surface area contributed by atoms with Gasteiger partial charge in [-0.1, -0.05) is 0 Å². The van der Waals surface area contributed by atoms with Gasteiger partial charge in [0.15, 0.2) is 0 Å². The van der Waals surface area contributed by atoms with E-state index in [2.05, 4.69) is 30.7 Å². The summed E-state index contributed by atoms with van der Waals surface area (Å²) in [5.74, 6) is 2.44. The summed E-state index contributed by atoms with van der Waals surface area (Å²) in [6.07, 6.45) is 11.3. The summed E-state index contributed by atoms with van der Waals surface area (Å²) in [5.41, 5.74) is 1.23. The molecule has 6 heteroatoms. The van der Waals surface area contributed by atoms with Crippen LogP contribution in [-0.4, -0.2) is 71.0 Å². The first kappa shape index (κ1) is 18.3. The van der Waals surface area contributed by atoms with Gasteiger partial charge in [-0.2, -0.15) is 0 Å². The lowest BCUT2D eigenvalue weighted by Gasteiger charge is -2.42. The van der Waals surface area contributed by atoms with E-state index in [0.717, 1.165) is 51.5 Å². The Labute approximate surface area is 168 Å². The molecular formula is C22H33N5O. The molecule has 0 bridgehead atoms. The van der Waals surface area contributed by atoms with E-state index in [0.29, 0.717) is 17.9 Å². The van der Waals surface area contributed by atoms with Crippen LogP contribution in [0.3, 0.4) is 0 Å². The number of piperidine rings is 2. The van der Waals surface area contributed by atoms with Crippen molar-refractivity contribution in [2.75, 3.05) is 44.2 Å². The van der Waals surface area contributed by atoms with Crippen molar-refractivity contribution in [2.45, 2.75) is 63.3 Å². The lowest BCUT2D eigenvalue weighted by molar-refractivity contribution is -0.136. The molecule has 5 rings (SSSR count). The third-order valence-electron chi connectivity index (χ3n) is 7.19. The van der Waals surface area contributed by atoms with Crippen LogP contribution >= 0.6 is 0 Å². The van der Waals surface area contributed by atoms with Crippen LogP contribution in [0.2, 0.25) is 0 Å². The molecule has 4 heterocycles. The van der Waals surface area contributed by atoms with Gasteiger partial charge in [-0.15, -0.1) is 0 Å². The van der Waals surface area contributed by atoms with E-state index in [9.17, 15) is 4.79 Å². The van der Waals surface area contributed by atoms with Gasteiger partial charge in [0.05, 0.1) is 5.92 Å². The van der Waals surface area contributed by atoms with Crippen LogP contribution in [0.15, 0.2) is 12.4 Å². The zero-order valence-corrected chi connectivity index (χ0v) is 16.9. The summed E-state index contributed by atoms with van der Waals surface area (Å²) in [7, 11) is 0. The van der Waals surface area contributed by atoms with Crippen molar-refractivity contribution in [3.63, 3.8) is 0 Å².